The van der Waals surface area contributed by atoms with Crippen LogP contribution in [0.25, 0.3) is 10.8 Å². The van der Waals surface area contributed by atoms with Crippen molar-refractivity contribution in [1.82, 2.24) is 9.84 Å². The van der Waals surface area contributed by atoms with Crippen LogP contribution in [0.3, 0.4) is 0 Å². The minimum absolute atomic E-state index is 0.276. The van der Waals surface area contributed by atoms with Crippen molar-refractivity contribution in [3.05, 3.63) is 36.4 Å². The minimum atomic E-state index is -3.58. The molecule has 5 nitrogen and oxygen atoms in total. The van der Waals surface area contributed by atoms with Gasteiger partial charge in [-0.25, -0.2) is 13.4 Å². The zero-order valence-electron chi connectivity index (χ0n) is 11.7. The first-order chi connectivity index (χ1) is 10.1. The summed E-state index contributed by atoms with van der Waals surface area (Å²) in [7, 11) is -3.58. The van der Waals surface area contributed by atoms with E-state index in [0.717, 1.165) is 37.7 Å². The first-order valence-corrected chi connectivity index (χ1v) is 8.61. The van der Waals surface area contributed by atoms with E-state index in [2.05, 4.69) is 4.83 Å². The van der Waals surface area contributed by atoms with E-state index in [9.17, 15) is 8.42 Å². The van der Waals surface area contributed by atoms with E-state index < -0.39 is 10.0 Å². The predicted octanol–water partition coefficient (Wildman–Crippen LogP) is 2.10. The average Bonchev–Trinajstić information content (AvgIpc) is 2.48. The Morgan fingerprint density at radius 3 is 2.33 bits per heavy atom. The molecule has 1 aliphatic rings. The van der Waals surface area contributed by atoms with Crippen LogP contribution in [0.2, 0.25) is 0 Å². The topological polar surface area (TPSA) is 75.4 Å². The van der Waals surface area contributed by atoms with Gasteiger partial charge in [0.05, 0.1) is 4.90 Å². The molecule has 0 amide bonds. The molecule has 0 aliphatic carbocycles. The molecule has 2 aromatic carbocycles. The molecule has 6 heteroatoms. The molecular weight excluding hydrogens is 286 g/mol. The number of nitrogens with zero attached hydrogens (tertiary/aromatic N) is 1. The number of rotatable bonds is 3. The van der Waals surface area contributed by atoms with E-state index in [1.807, 2.05) is 18.2 Å². The standard InChI is InChI=1S/C15H19N3O2S/c16-14-8-9-15(13-7-3-2-6-12(13)14)21(19,20)17-18-10-4-1-5-11-18/h2-3,6-9,17H,1,4-5,10-11,16H2. The van der Waals surface area contributed by atoms with E-state index in [1.54, 1.807) is 23.2 Å². The van der Waals surface area contributed by atoms with Crippen molar-refractivity contribution >= 4 is 26.5 Å². The fourth-order valence-electron chi connectivity index (χ4n) is 2.73. The third kappa shape index (κ3) is 2.88. The van der Waals surface area contributed by atoms with Gasteiger partial charge < -0.3 is 5.73 Å². The number of hydrogen-bond acceptors (Lipinski definition) is 4. The molecule has 0 saturated carbocycles. The molecule has 0 spiro atoms. The number of hydrazine groups is 1. The van der Waals surface area contributed by atoms with E-state index >= 15 is 0 Å². The zero-order valence-corrected chi connectivity index (χ0v) is 12.6. The fraction of sp³-hybridized carbons (Fsp3) is 0.333. The number of fused-ring (bicyclic) bond motifs is 1. The minimum Gasteiger partial charge on any atom is -0.398 e. The van der Waals surface area contributed by atoms with Gasteiger partial charge in [-0.15, -0.1) is 4.83 Å². The zero-order chi connectivity index (χ0) is 14.9. The molecule has 0 atom stereocenters. The molecule has 1 fully saturated rings. The van der Waals surface area contributed by atoms with E-state index in [1.165, 1.54) is 0 Å². The Labute approximate surface area is 124 Å². The third-order valence-electron chi connectivity index (χ3n) is 3.81. The highest BCUT2D eigenvalue weighted by Crippen LogP contribution is 2.27. The molecule has 1 heterocycles. The Kier molecular flexibility index (Phi) is 3.84. The molecular formula is C15H19N3O2S. The SMILES string of the molecule is Nc1ccc(S(=O)(=O)NN2CCCCC2)c2ccccc12. The number of nitrogens with one attached hydrogen (secondary N) is 1. The first-order valence-electron chi connectivity index (χ1n) is 7.12. The van der Waals surface area contributed by atoms with Gasteiger partial charge in [-0.3, -0.25) is 0 Å². The molecule has 2 aromatic rings. The maximum absolute atomic E-state index is 12.6. The molecule has 0 aromatic heterocycles. The van der Waals surface area contributed by atoms with Gasteiger partial charge in [-0.1, -0.05) is 30.7 Å². The highest BCUT2D eigenvalue weighted by molar-refractivity contribution is 7.89. The quantitative estimate of drug-likeness (QED) is 0.852. The molecule has 1 saturated heterocycles. The number of sulfonamides is 1. The lowest BCUT2D eigenvalue weighted by Gasteiger charge is -2.26. The van der Waals surface area contributed by atoms with Gasteiger partial charge in [0.2, 0.25) is 0 Å². The molecule has 21 heavy (non-hydrogen) atoms. The van der Waals surface area contributed by atoms with Gasteiger partial charge in [0, 0.05) is 29.5 Å². The molecule has 3 N–H and O–H groups in total. The maximum Gasteiger partial charge on any atom is 0.254 e. The van der Waals surface area contributed by atoms with E-state index in [-0.39, 0.29) is 4.90 Å². The summed E-state index contributed by atoms with van der Waals surface area (Å²) in [5.41, 5.74) is 6.51. The molecule has 112 valence electrons. The molecule has 3 rings (SSSR count). The third-order valence-corrected chi connectivity index (χ3v) is 5.25. The fourth-order valence-corrected chi connectivity index (χ4v) is 4.07. The Hall–Kier alpha value is -1.63. The van der Waals surface area contributed by atoms with Crippen molar-refractivity contribution in [3.63, 3.8) is 0 Å². The second-order valence-electron chi connectivity index (χ2n) is 5.34. The Balaban J connectivity index is 2.00. The summed E-state index contributed by atoms with van der Waals surface area (Å²) in [4.78, 5) is 2.96. The van der Waals surface area contributed by atoms with Gasteiger partial charge in [-0.05, 0) is 25.0 Å². The lowest BCUT2D eigenvalue weighted by atomic mass is 10.1. The smallest absolute Gasteiger partial charge is 0.254 e. The number of hydrogen-bond donors (Lipinski definition) is 2. The normalized spacial score (nSPS) is 17.1. The van der Waals surface area contributed by atoms with Gasteiger partial charge in [0.15, 0.2) is 0 Å². The first kappa shape index (κ1) is 14.3. The number of nitrogen functional groups attached to an aromatic ring is 1. The van der Waals surface area contributed by atoms with Gasteiger partial charge in [-0.2, -0.15) is 0 Å². The second-order valence-corrected chi connectivity index (χ2v) is 6.97. The largest absolute Gasteiger partial charge is 0.398 e. The predicted molar refractivity (Wildman–Crippen MR) is 84.1 cm³/mol. The molecule has 0 radical (unpaired) electrons. The average molecular weight is 305 g/mol. The van der Waals surface area contributed by atoms with Crippen molar-refractivity contribution in [1.29, 1.82) is 0 Å². The van der Waals surface area contributed by atoms with Crippen LogP contribution < -0.4 is 10.6 Å². The lowest BCUT2D eigenvalue weighted by molar-refractivity contribution is 0.200. The summed E-state index contributed by atoms with van der Waals surface area (Å²) in [5.74, 6) is 0. The molecule has 0 unspecified atom stereocenters. The summed E-state index contributed by atoms with van der Waals surface area (Å²) in [6.45, 7) is 1.51. The summed E-state index contributed by atoms with van der Waals surface area (Å²) in [5, 5.41) is 3.20. The summed E-state index contributed by atoms with van der Waals surface area (Å²) < 4.78 is 25.3. The van der Waals surface area contributed by atoms with Crippen LogP contribution in [0.1, 0.15) is 19.3 Å². The van der Waals surface area contributed by atoms with Crippen LogP contribution in [0.15, 0.2) is 41.3 Å². The van der Waals surface area contributed by atoms with Crippen molar-refractivity contribution in [2.24, 2.45) is 0 Å². The lowest BCUT2D eigenvalue weighted by Crippen LogP contribution is -2.44. The monoisotopic (exact) mass is 305 g/mol. The van der Waals surface area contributed by atoms with Crippen molar-refractivity contribution < 1.29 is 8.42 Å². The Morgan fingerprint density at radius 2 is 1.62 bits per heavy atom. The summed E-state index contributed by atoms with van der Waals surface area (Å²) >= 11 is 0. The van der Waals surface area contributed by atoms with E-state index in [4.69, 9.17) is 5.73 Å². The van der Waals surface area contributed by atoms with Crippen molar-refractivity contribution in [3.8, 4) is 0 Å². The van der Waals surface area contributed by atoms with Crippen LogP contribution in [0.5, 0.6) is 0 Å². The number of benzene rings is 2. The van der Waals surface area contributed by atoms with Gasteiger partial charge in [0.25, 0.3) is 10.0 Å². The summed E-state index contributed by atoms with van der Waals surface area (Å²) in [6, 6.07) is 10.5. The number of piperidine rings is 1. The van der Waals surface area contributed by atoms with Crippen molar-refractivity contribution in [2.45, 2.75) is 24.2 Å². The van der Waals surface area contributed by atoms with Crippen LogP contribution >= 0.6 is 0 Å². The number of nitrogens with two attached hydrogens (primary N) is 1. The highest BCUT2D eigenvalue weighted by atomic mass is 32.2. The summed E-state index contributed by atoms with van der Waals surface area (Å²) in [6.07, 6.45) is 3.19. The molecule has 1 aliphatic heterocycles. The van der Waals surface area contributed by atoms with Crippen LogP contribution in [0, 0.1) is 0 Å². The second kappa shape index (κ2) is 5.63. The van der Waals surface area contributed by atoms with Crippen LogP contribution in [0.4, 0.5) is 5.69 Å². The van der Waals surface area contributed by atoms with Crippen LogP contribution in [-0.4, -0.2) is 26.5 Å². The Bertz CT molecular complexity index is 753. The van der Waals surface area contributed by atoms with Gasteiger partial charge in [0.1, 0.15) is 0 Å². The number of anilines is 1. The van der Waals surface area contributed by atoms with Crippen molar-refractivity contribution in [2.75, 3.05) is 18.8 Å². The Morgan fingerprint density at radius 1 is 0.952 bits per heavy atom. The molecule has 0 bridgehead atoms. The van der Waals surface area contributed by atoms with E-state index in [0.29, 0.717) is 11.1 Å². The van der Waals surface area contributed by atoms with Crippen LogP contribution in [-0.2, 0) is 10.0 Å². The van der Waals surface area contributed by atoms with Gasteiger partial charge >= 0.3 is 0 Å². The highest BCUT2D eigenvalue weighted by Gasteiger charge is 2.22. The maximum atomic E-state index is 12.6.